The number of para-hydroxylation sites is 2. The highest BCUT2D eigenvalue weighted by atomic mass is 32.2. The Morgan fingerprint density at radius 2 is 1.55 bits per heavy atom. The van der Waals surface area contributed by atoms with Crippen molar-refractivity contribution in [1.29, 1.82) is 0 Å². The van der Waals surface area contributed by atoms with Crippen LogP contribution in [0.1, 0.15) is 18.1 Å². The van der Waals surface area contributed by atoms with Gasteiger partial charge in [0.2, 0.25) is 0 Å². The molecule has 0 aliphatic heterocycles. The summed E-state index contributed by atoms with van der Waals surface area (Å²) in [6.45, 7) is 3.61. The smallest absolute Gasteiger partial charge is 0.263 e. The minimum absolute atomic E-state index is 0.0258. The lowest BCUT2D eigenvalue weighted by molar-refractivity contribution is 0.598. The lowest BCUT2D eigenvalue weighted by Crippen LogP contribution is -2.17. The molecule has 0 amide bonds. The summed E-state index contributed by atoms with van der Waals surface area (Å²) in [5, 5.41) is 3.15. The van der Waals surface area contributed by atoms with E-state index in [4.69, 9.17) is 0 Å². The molecule has 0 aliphatic carbocycles. The van der Waals surface area contributed by atoms with Crippen molar-refractivity contribution in [3.63, 3.8) is 0 Å². The summed E-state index contributed by atoms with van der Waals surface area (Å²) in [4.78, 5) is 9.01. The molecule has 0 saturated heterocycles. The van der Waals surface area contributed by atoms with Crippen LogP contribution in [0.25, 0.3) is 11.0 Å². The predicted molar refractivity (Wildman–Crippen MR) is 121 cm³/mol. The van der Waals surface area contributed by atoms with Crippen LogP contribution in [0.4, 0.5) is 21.7 Å². The Bertz CT molecular complexity index is 1360. The first-order valence-electron chi connectivity index (χ1n) is 9.77. The van der Waals surface area contributed by atoms with E-state index < -0.39 is 15.8 Å². The Labute approximate surface area is 180 Å². The van der Waals surface area contributed by atoms with Crippen LogP contribution >= 0.6 is 0 Å². The van der Waals surface area contributed by atoms with E-state index in [1.807, 2.05) is 30.3 Å². The van der Waals surface area contributed by atoms with Gasteiger partial charge < -0.3 is 5.32 Å². The van der Waals surface area contributed by atoms with Gasteiger partial charge in [-0.3, -0.25) is 4.72 Å². The quantitative estimate of drug-likeness (QED) is 0.435. The topological polar surface area (TPSA) is 84.0 Å². The van der Waals surface area contributed by atoms with Gasteiger partial charge >= 0.3 is 0 Å². The third kappa shape index (κ3) is 4.49. The second kappa shape index (κ2) is 8.31. The van der Waals surface area contributed by atoms with Gasteiger partial charge in [-0.25, -0.2) is 22.8 Å². The molecule has 0 spiro atoms. The molecule has 4 rings (SSSR count). The summed E-state index contributed by atoms with van der Waals surface area (Å²) in [7, 11) is -4.01. The normalized spacial score (nSPS) is 11.5. The van der Waals surface area contributed by atoms with Crippen molar-refractivity contribution in [3.8, 4) is 0 Å². The Balaban J connectivity index is 1.76. The van der Waals surface area contributed by atoms with Crippen molar-refractivity contribution in [2.75, 3.05) is 10.0 Å². The van der Waals surface area contributed by atoms with Crippen LogP contribution in [-0.2, 0) is 16.4 Å². The molecule has 0 atom stereocenters. The number of nitrogens with zero attached hydrogens (tertiary/aromatic N) is 2. The molecule has 0 aliphatic rings. The molecule has 0 bridgehead atoms. The largest absolute Gasteiger partial charge is 0.337 e. The maximum atomic E-state index is 13.4. The summed E-state index contributed by atoms with van der Waals surface area (Å²) in [6.07, 6.45) is 0.915. The van der Waals surface area contributed by atoms with Gasteiger partial charge in [-0.1, -0.05) is 31.2 Å². The molecule has 3 aromatic carbocycles. The Morgan fingerprint density at radius 3 is 2.16 bits per heavy atom. The lowest BCUT2D eigenvalue weighted by Gasteiger charge is -2.15. The van der Waals surface area contributed by atoms with Crippen molar-refractivity contribution in [3.05, 3.63) is 83.7 Å². The van der Waals surface area contributed by atoms with E-state index in [2.05, 4.69) is 26.9 Å². The number of hydrogen-bond donors (Lipinski definition) is 2. The van der Waals surface area contributed by atoms with E-state index in [0.717, 1.165) is 18.2 Å². The summed E-state index contributed by atoms with van der Waals surface area (Å²) in [6, 6.07) is 18.5. The fourth-order valence-corrected chi connectivity index (χ4v) is 4.45. The maximum Gasteiger partial charge on any atom is 0.263 e. The SMILES string of the molecule is CCc1ccc(Nc2nc3ccccc3nc2NS(=O)(=O)c2ccc(F)cc2C)cc1. The van der Waals surface area contributed by atoms with Gasteiger partial charge in [-0.15, -0.1) is 0 Å². The van der Waals surface area contributed by atoms with Gasteiger partial charge in [0.25, 0.3) is 10.0 Å². The van der Waals surface area contributed by atoms with Crippen LogP contribution in [0.15, 0.2) is 71.6 Å². The molecule has 158 valence electrons. The molecule has 0 saturated carbocycles. The molecule has 4 aromatic rings. The summed E-state index contributed by atoms with van der Waals surface area (Å²) < 4.78 is 42.0. The van der Waals surface area contributed by atoms with Gasteiger partial charge in [-0.05, 0) is 66.9 Å². The van der Waals surface area contributed by atoms with Crippen LogP contribution in [0.2, 0.25) is 0 Å². The predicted octanol–water partition coefficient (Wildman–Crippen LogP) is 5.18. The molecule has 31 heavy (non-hydrogen) atoms. The van der Waals surface area contributed by atoms with Crippen LogP contribution in [-0.4, -0.2) is 18.4 Å². The Morgan fingerprint density at radius 1 is 0.903 bits per heavy atom. The van der Waals surface area contributed by atoms with Crippen LogP contribution in [0, 0.1) is 12.7 Å². The zero-order valence-corrected chi connectivity index (χ0v) is 17.9. The lowest BCUT2D eigenvalue weighted by atomic mass is 10.1. The van der Waals surface area contributed by atoms with E-state index in [1.165, 1.54) is 24.6 Å². The molecule has 8 heteroatoms. The summed E-state index contributed by atoms with van der Waals surface area (Å²) >= 11 is 0. The third-order valence-electron chi connectivity index (χ3n) is 4.85. The first-order valence-corrected chi connectivity index (χ1v) is 11.3. The van der Waals surface area contributed by atoms with Gasteiger partial charge in [0, 0.05) is 5.69 Å². The van der Waals surface area contributed by atoms with Gasteiger partial charge in [0.15, 0.2) is 11.6 Å². The average molecular weight is 437 g/mol. The van der Waals surface area contributed by atoms with Crippen LogP contribution in [0.5, 0.6) is 0 Å². The van der Waals surface area contributed by atoms with Crippen LogP contribution < -0.4 is 10.0 Å². The van der Waals surface area contributed by atoms with Crippen molar-refractivity contribution < 1.29 is 12.8 Å². The number of sulfonamides is 1. The number of benzene rings is 3. The molecular weight excluding hydrogens is 415 g/mol. The van der Waals surface area contributed by atoms with E-state index in [9.17, 15) is 12.8 Å². The van der Waals surface area contributed by atoms with Gasteiger partial charge in [-0.2, -0.15) is 0 Å². The average Bonchev–Trinajstić information content (AvgIpc) is 2.74. The highest BCUT2D eigenvalue weighted by Gasteiger charge is 2.21. The highest BCUT2D eigenvalue weighted by Crippen LogP contribution is 2.28. The molecule has 0 unspecified atom stereocenters. The second-order valence-electron chi connectivity index (χ2n) is 7.10. The molecule has 0 fully saturated rings. The number of nitrogens with one attached hydrogen (secondary N) is 2. The van der Waals surface area contributed by atoms with Gasteiger partial charge in [0.1, 0.15) is 5.82 Å². The molecule has 6 nitrogen and oxygen atoms in total. The second-order valence-corrected chi connectivity index (χ2v) is 8.75. The number of aromatic nitrogens is 2. The molecule has 1 aromatic heterocycles. The summed E-state index contributed by atoms with van der Waals surface area (Å²) in [5.41, 5.74) is 3.40. The minimum atomic E-state index is -4.01. The molecule has 1 heterocycles. The molecule has 2 N–H and O–H groups in total. The van der Waals surface area contributed by atoms with E-state index in [1.54, 1.807) is 18.2 Å². The highest BCUT2D eigenvalue weighted by molar-refractivity contribution is 7.92. The number of rotatable bonds is 6. The van der Waals surface area contributed by atoms with Crippen molar-refractivity contribution in [2.45, 2.75) is 25.2 Å². The minimum Gasteiger partial charge on any atom is -0.337 e. The van der Waals surface area contributed by atoms with Gasteiger partial charge in [0.05, 0.1) is 15.9 Å². The van der Waals surface area contributed by atoms with Crippen LogP contribution in [0.3, 0.4) is 0 Å². The number of anilines is 3. The van der Waals surface area contributed by atoms with Crippen molar-refractivity contribution in [2.24, 2.45) is 0 Å². The van der Waals surface area contributed by atoms with Crippen molar-refractivity contribution >= 4 is 38.4 Å². The molecule has 0 radical (unpaired) electrons. The Hall–Kier alpha value is -3.52. The number of hydrogen-bond acceptors (Lipinski definition) is 5. The summed E-state index contributed by atoms with van der Waals surface area (Å²) in [5.74, 6) is -0.173. The first-order chi connectivity index (χ1) is 14.9. The Kier molecular flexibility index (Phi) is 5.56. The van der Waals surface area contributed by atoms with E-state index in [0.29, 0.717) is 16.6 Å². The van der Waals surface area contributed by atoms with E-state index in [-0.39, 0.29) is 16.5 Å². The number of aryl methyl sites for hydroxylation is 2. The third-order valence-corrected chi connectivity index (χ3v) is 6.35. The fourth-order valence-electron chi connectivity index (χ4n) is 3.22. The zero-order chi connectivity index (χ0) is 22.0. The fraction of sp³-hybridized carbons (Fsp3) is 0.130. The molecular formula is C23H21FN4O2S. The first kappa shape index (κ1) is 20.7. The van der Waals surface area contributed by atoms with E-state index >= 15 is 0 Å². The number of fused-ring (bicyclic) bond motifs is 1. The monoisotopic (exact) mass is 436 g/mol. The number of halogens is 1. The standard InChI is InChI=1S/C23H21FN4O2S/c1-3-16-8-11-18(12-9-16)25-22-23(27-20-7-5-4-6-19(20)26-22)28-31(29,30)21-13-10-17(24)14-15(21)2/h4-14H,3H2,1-2H3,(H,25,26)(H,27,28). The maximum absolute atomic E-state index is 13.4. The van der Waals surface area contributed by atoms with Crippen molar-refractivity contribution in [1.82, 2.24) is 9.97 Å². The zero-order valence-electron chi connectivity index (χ0n) is 17.1.